The van der Waals surface area contributed by atoms with Crippen LogP contribution in [-0.2, 0) is 6.61 Å². The summed E-state index contributed by atoms with van der Waals surface area (Å²) in [7, 11) is 1.52. The van der Waals surface area contributed by atoms with Crippen LogP contribution in [0.2, 0.25) is 5.15 Å². The number of amides is 1. The number of rotatable bonds is 7. The van der Waals surface area contributed by atoms with E-state index in [0.717, 1.165) is 5.56 Å². The van der Waals surface area contributed by atoms with Crippen molar-refractivity contribution in [2.45, 2.75) is 6.61 Å². The molecule has 1 N–H and O–H groups in total. The molecule has 1 heterocycles. The van der Waals surface area contributed by atoms with Crippen molar-refractivity contribution in [3.63, 3.8) is 0 Å². The Morgan fingerprint density at radius 2 is 2.13 bits per heavy atom. The maximum Gasteiger partial charge on any atom is 0.274 e. The van der Waals surface area contributed by atoms with Gasteiger partial charge in [0.15, 0.2) is 11.5 Å². The molecule has 7 nitrogen and oxygen atoms in total. The van der Waals surface area contributed by atoms with E-state index < -0.39 is 5.91 Å². The lowest BCUT2D eigenvalue weighted by Gasteiger charge is -2.14. The van der Waals surface area contributed by atoms with Crippen LogP contribution in [-0.4, -0.2) is 24.2 Å². The fourth-order valence-corrected chi connectivity index (χ4v) is 3.42. The van der Waals surface area contributed by atoms with Gasteiger partial charge in [0.05, 0.1) is 35.0 Å². The number of nitrogens with zero attached hydrogens (tertiary/aromatic N) is 3. The maximum atomic E-state index is 12.1. The number of nitrogens with one attached hydrogen (secondary N) is 1. The number of ether oxygens (including phenoxy) is 2. The first-order valence-electron chi connectivity index (χ1n) is 8.95. The number of aromatic nitrogens is 1. The summed E-state index contributed by atoms with van der Waals surface area (Å²) in [6.45, 7) is 0.202. The Hall–Kier alpha value is -3.41. The first-order valence-corrected chi connectivity index (χ1v) is 10.1. The molecule has 0 radical (unpaired) electrons. The summed E-state index contributed by atoms with van der Waals surface area (Å²) in [5, 5.41) is 13.3. The molecule has 0 aliphatic carbocycles. The number of hydrazone groups is 1. The van der Waals surface area contributed by atoms with Gasteiger partial charge in [-0.05, 0) is 51.8 Å². The van der Waals surface area contributed by atoms with Crippen LogP contribution < -0.4 is 14.9 Å². The number of halogens is 2. The molecule has 0 aliphatic rings. The number of methoxy groups -OCH3 is 1. The van der Waals surface area contributed by atoms with Gasteiger partial charge in [-0.3, -0.25) is 4.79 Å². The summed E-state index contributed by atoms with van der Waals surface area (Å²) in [6.07, 6.45) is 2.96. The third-order valence-corrected chi connectivity index (χ3v) is 5.04. The predicted octanol–water partition coefficient (Wildman–Crippen LogP) is 4.72. The third-order valence-electron chi connectivity index (χ3n) is 4.15. The van der Waals surface area contributed by atoms with Crippen LogP contribution >= 0.6 is 27.5 Å². The monoisotopic (exact) mass is 498 g/mol. The summed E-state index contributed by atoms with van der Waals surface area (Å²) in [5.41, 5.74) is 4.60. The Morgan fingerprint density at radius 3 is 2.87 bits per heavy atom. The fourth-order valence-electron chi connectivity index (χ4n) is 2.64. The molecule has 0 spiro atoms. The van der Waals surface area contributed by atoms with Gasteiger partial charge in [-0.15, -0.1) is 0 Å². The van der Waals surface area contributed by atoms with Crippen molar-refractivity contribution in [3.8, 4) is 17.6 Å². The second-order valence-corrected chi connectivity index (χ2v) is 7.34. The van der Waals surface area contributed by atoms with Crippen LogP contribution in [0.5, 0.6) is 11.5 Å². The van der Waals surface area contributed by atoms with Crippen LogP contribution in [0.1, 0.15) is 27.0 Å². The van der Waals surface area contributed by atoms with Gasteiger partial charge in [0.2, 0.25) is 0 Å². The number of carbonyl (C=O) groups is 1. The SMILES string of the molecule is COc1cc(C=NNC(=O)c2cccnc2Cl)cc(Br)c1OCc1ccccc1C#N. The molecule has 0 bridgehead atoms. The zero-order chi connectivity index (χ0) is 22.2. The minimum absolute atomic E-state index is 0.0964. The third kappa shape index (κ3) is 5.60. The van der Waals surface area contributed by atoms with E-state index >= 15 is 0 Å². The molecule has 0 saturated heterocycles. The van der Waals surface area contributed by atoms with Crippen molar-refractivity contribution < 1.29 is 14.3 Å². The number of hydrogen-bond donors (Lipinski definition) is 1. The van der Waals surface area contributed by atoms with Gasteiger partial charge in [0.25, 0.3) is 5.91 Å². The lowest BCUT2D eigenvalue weighted by molar-refractivity contribution is 0.0955. The molecule has 1 amide bonds. The molecule has 0 fully saturated rings. The topological polar surface area (TPSA) is 96.6 Å². The summed E-state index contributed by atoms with van der Waals surface area (Å²) < 4.78 is 12.0. The molecule has 3 aromatic rings. The molecule has 9 heteroatoms. The van der Waals surface area contributed by atoms with Gasteiger partial charge in [-0.25, -0.2) is 10.4 Å². The molecule has 1 aromatic heterocycles. The number of hydrogen-bond acceptors (Lipinski definition) is 6. The van der Waals surface area contributed by atoms with Crippen molar-refractivity contribution in [3.05, 3.63) is 86.6 Å². The largest absolute Gasteiger partial charge is 0.493 e. The van der Waals surface area contributed by atoms with Crippen molar-refractivity contribution >= 4 is 39.7 Å². The fraction of sp³-hybridized carbons (Fsp3) is 0.0909. The van der Waals surface area contributed by atoms with E-state index in [1.165, 1.54) is 19.5 Å². The van der Waals surface area contributed by atoms with Crippen LogP contribution in [0, 0.1) is 11.3 Å². The quantitative estimate of drug-likeness (QED) is 0.288. The van der Waals surface area contributed by atoms with Gasteiger partial charge in [-0.2, -0.15) is 10.4 Å². The van der Waals surface area contributed by atoms with Crippen LogP contribution in [0.3, 0.4) is 0 Å². The second-order valence-electron chi connectivity index (χ2n) is 6.13. The molecule has 0 aliphatic heterocycles. The van der Waals surface area contributed by atoms with Gasteiger partial charge in [0.1, 0.15) is 11.8 Å². The molecule has 156 valence electrons. The minimum Gasteiger partial charge on any atom is -0.493 e. The zero-order valence-electron chi connectivity index (χ0n) is 16.3. The maximum absolute atomic E-state index is 12.1. The van der Waals surface area contributed by atoms with Crippen LogP contribution in [0.4, 0.5) is 0 Å². The van der Waals surface area contributed by atoms with Crippen LogP contribution in [0.25, 0.3) is 0 Å². The lowest BCUT2D eigenvalue weighted by atomic mass is 10.1. The average molecular weight is 500 g/mol. The minimum atomic E-state index is -0.475. The molecule has 2 aromatic carbocycles. The summed E-state index contributed by atoms with van der Waals surface area (Å²) in [6, 6.07) is 16.0. The van der Waals surface area contributed by atoms with Crippen molar-refractivity contribution in [1.29, 1.82) is 5.26 Å². The molecular weight excluding hydrogens is 484 g/mol. The first-order chi connectivity index (χ1) is 15.0. The lowest BCUT2D eigenvalue weighted by Crippen LogP contribution is -2.18. The number of pyridine rings is 1. The summed E-state index contributed by atoms with van der Waals surface area (Å²) in [4.78, 5) is 16.0. The van der Waals surface area contributed by atoms with Crippen LogP contribution in [0.15, 0.2) is 64.3 Å². The number of nitriles is 1. The zero-order valence-corrected chi connectivity index (χ0v) is 18.6. The standard InChI is InChI=1S/C22H16BrClN4O3/c1-30-19-10-14(12-27-28-22(29)17-7-4-8-26-21(17)24)9-18(23)20(19)31-13-16-6-3-2-5-15(16)11-25/h2-10,12H,13H2,1H3,(H,28,29). The normalized spacial score (nSPS) is 10.5. The highest BCUT2D eigenvalue weighted by Gasteiger charge is 2.13. The Balaban J connectivity index is 1.73. The Labute approximate surface area is 192 Å². The summed E-state index contributed by atoms with van der Waals surface area (Å²) >= 11 is 9.38. The van der Waals surface area contributed by atoms with Gasteiger partial charge in [-0.1, -0.05) is 29.8 Å². The smallest absolute Gasteiger partial charge is 0.274 e. The molecule has 3 rings (SSSR count). The van der Waals surface area contributed by atoms with Crippen molar-refractivity contribution in [2.24, 2.45) is 5.10 Å². The average Bonchev–Trinajstić information content (AvgIpc) is 2.78. The summed E-state index contributed by atoms with van der Waals surface area (Å²) in [5.74, 6) is 0.474. The highest BCUT2D eigenvalue weighted by Crippen LogP contribution is 2.37. The first kappa shape index (κ1) is 22.3. The Kier molecular flexibility index (Phi) is 7.60. The Bertz CT molecular complexity index is 1180. The predicted molar refractivity (Wildman–Crippen MR) is 120 cm³/mol. The highest BCUT2D eigenvalue weighted by atomic mass is 79.9. The molecular formula is C22H16BrClN4O3. The Morgan fingerprint density at radius 1 is 1.32 bits per heavy atom. The molecule has 0 unspecified atom stereocenters. The van der Waals surface area contributed by atoms with E-state index in [1.54, 1.807) is 36.4 Å². The number of benzene rings is 2. The van der Waals surface area contributed by atoms with Crippen molar-refractivity contribution in [1.82, 2.24) is 10.4 Å². The second kappa shape index (κ2) is 10.6. The highest BCUT2D eigenvalue weighted by molar-refractivity contribution is 9.10. The van der Waals surface area contributed by atoms with E-state index in [-0.39, 0.29) is 17.3 Å². The molecule has 31 heavy (non-hydrogen) atoms. The van der Waals surface area contributed by atoms with E-state index in [9.17, 15) is 10.1 Å². The van der Waals surface area contributed by atoms with E-state index in [4.69, 9.17) is 21.1 Å². The van der Waals surface area contributed by atoms with E-state index in [2.05, 4.69) is 37.5 Å². The molecule has 0 saturated carbocycles. The number of carbonyl (C=O) groups excluding carboxylic acids is 1. The van der Waals surface area contributed by atoms with Crippen molar-refractivity contribution in [2.75, 3.05) is 7.11 Å². The van der Waals surface area contributed by atoms with Gasteiger partial charge >= 0.3 is 0 Å². The van der Waals surface area contributed by atoms with Gasteiger partial charge in [0, 0.05) is 11.8 Å². The van der Waals surface area contributed by atoms with E-state index in [1.807, 2.05) is 12.1 Å². The molecule has 0 atom stereocenters. The van der Waals surface area contributed by atoms with Gasteiger partial charge < -0.3 is 9.47 Å². The van der Waals surface area contributed by atoms with E-state index in [0.29, 0.717) is 27.1 Å².